The first-order valence-electron chi connectivity index (χ1n) is 31.8. The summed E-state index contributed by atoms with van der Waals surface area (Å²) in [7, 11) is 0. The third-order valence-corrected chi connectivity index (χ3v) is 15.0. The molecule has 0 radical (unpaired) electrons. The molecule has 1 saturated heterocycles. The normalized spacial score (nSPS) is 21.7. The van der Waals surface area contributed by atoms with Crippen molar-refractivity contribution in [2.75, 3.05) is 45.8 Å². The van der Waals surface area contributed by atoms with Crippen LogP contribution in [0.15, 0.2) is 60.7 Å². The van der Waals surface area contributed by atoms with Gasteiger partial charge >= 0.3 is 0 Å². The van der Waals surface area contributed by atoms with Crippen LogP contribution < -0.4 is 109 Å². The number of unbranched alkanes of at least 4 members (excludes halogenated alkanes) is 3. The maximum absolute atomic E-state index is 14.9. The number of hydrogen-bond acceptors (Lipinski definition) is 16. The van der Waals surface area contributed by atoms with E-state index >= 15 is 0 Å². The molecule has 33 heteroatoms. The fourth-order valence-electron chi connectivity index (χ4n) is 10.0. The van der Waals surface area contributed by atoms with E-state index in [-0.39, 0.29) is 153 Å². The second kappa shape index (κ2) is 44.2. The fraction of sp³-hybridized carbons (Fsp3) is 0.583. The Morgan fingerprint density at radius 2 is 0.473 bits per heavy atom. The summed E-state index contributed by atoms with van der Waals surface area (Å²) in [4.78, 5) is 133. The van der Waals surface area contributed by atoms with Crippen LogP contribution in [0.5, 0.6) is 0 Å². The van der Waals surface area contributed by atoms with Gasteiger partial charge in [-0.1, -0.05) is 60.7 Å². The van der Waals surface area contributed by atoms with Crippen LogP contribution in [0, 0.1) is 21.6 Å². The van der Waals surface area contributed by atoms with E-state index in [2.05, 4.69) is 69.1 Å². The molecule has 1 fully saturated rings. The molecule has 1 aliphatic heterocycles. The molecule has 3 rings (SSSR count). The molecule has 93 heavy (non-hydrogen) atoms. The van der Waals surface area contributed by atoms with Crippen molar-refractivity contribution in [3.05, 3.63) is 71.8 Å². The van der Waals surface area contributed by atoms with Gasteiger partial charge < -0.3 is 109 Å². The van der Waals surface area contributed by atoms with Crippen molar-refractivity contribution >= 4 is 77.0 Å². The van der Waals surface area contributed by atoms with Gasteiger partial charge in [0.2, 0.25) is 53.2 Å². The lowest BCUT2D eigenvalue weighted by molar-refractivity contribution is -0.136. The molecule has 0 saturated carbocycles. The first kappa shape index (κ1) is 77.9. The van der Waals surface area contributed by atoms with Crippen LogP contribution in [-0.4, -0.2) is 177 Å². The highest BCUT2D eigenvalue weighted by Gasteiger charge is 2.37. The standard InChI is InChI=1S/C60H102N24O9/c61-28-10-7-21-39-49(86)78-44(26-15-33-74-59(68)69)52(89)80-45(27-16-34-75-60(70)71)54(91)84-47(36-38-19-5-2-6-20-38)56(93)82-40(22-8-11-29-62)48(85)77-43(25-14-32-73-58(66)67)51(88)79-42(24-13-31-72-57(64)65)50(87)76-41(23-9-12-30-63)53(90)83-46(55(92)81-39)35-37-17-3-1-4-18-37/h1-6,17-20,39-47H,7-16,21-36,61-63H2,(H,76,87)(H,77,85)(H,78,86)(H,79,88)(H,80,89)(H,81,92)(H,82,93)(H,83,90)(H,84,91)(H4,64,65,72)(H4,66,67,73)(H4,68,69,74)(H4,70,71,75)/t39-,40-,41+,42-,43-,44-,45-,46-,47-/m0/s1. The van der Waals surface area contributed by atoms with Gasteiger partial charge in [-0.05, 0) is 140 Å². The topological polar surface area (TPSA) is 588 Å². The fourth-order valence-corrected chi connectivity index (χ4v) is 10.0. The van der Waals surface area contributed by atoms with Crippen LogP contribution in [0.3, 0.4) is 0 Å². The zero-order chi connectivity index (χ0) is 68.5. The van der Waals surface area contributed by atoms with Gasteiger partial charge in [0.15, 0.2) is 23.8 Å². The van der Waals surface area contributed by atoms with E-state index in [9.17, 15) is 43.2 Å². The van der Waals surface area contributed by atoms with Crippen molar-refractivity contribution in [3.8, 4) is 0 Å². The Morgan fingerprint density at radius 1 is 0.290 bits per heavy atom. The van der Waals surface area contributed by atoms with Gasteiger partial charge in [-0.25, -0.2) is 0 Å². The zero-order valence-electron chi connectivity index (χ0n) is 53.1. The number of guanidine groups is 4. The van der Waals surface area contributed by atoms with E-state index < -0.39 is 108 Å². The van der Waals surface area contributed by atoms with Crippen molar-refractivity contribution in [2.24, 2.45) is 40.1 Å². The molecule has 1 aliphatic rings. The lowest BCUT2D eigenvalue weighted by atomic mass is 10.0. The largest absolute Gasteiger partial charge is 0.370 e. The Labute approximate surface area is 543 Å². The van der Waals surface area contributed by atoms with Crippen LogP contribution in [-0.2, 0) is 56.0 Å². The summed E-state index contributed by atoms with van der Waals surface area (Å²) in [5.74, 6) is -9.02. The van der Waals surface area contributed by atoms with Crippen LogP contribution in [0.4, 0.5) is 0 Å². The summed E-state index contributed by atoms with van der Waals surface area (Å²) in [5, 5.41) is 66.4. The molecule has 0 bridgehead atoms. The van der Waals surface area contributed by atoms with E-state index in [0.717, 1.165) is 0 Å². The summed E-state index contributed by atoms with van der Waals surface area (Å²) >= 11 is 0. The second-order valence-electron chi connectivity index (χ2n) is 22.7. The first-order chi connectivity index (χ1) is 44.5. The first-order valence-corrected chi connectivity index (χ1v) is 31.8. The molecular weight excluding hydrogens is 1200 g/mol. The monoisotopic (exact) mass is 1300 g/mol. The Bertz CT molecular complexity index is 2730. The van der Waals surface area contributed by atoms with Crippen molar-refractivity contribution in [1.82, 2.24) is 69.1 Å². The van der Waals surface area contributed by atoms with E-state index in [1.165, 1.54) is 0 Å². The molecule has 0 spiro atoms. The summed E-state index contributed by atoms with van der Waals surface area (Å²) < 4.78 is 0. The molecule has 516 valence electrons. The number of hydrogen-bond donors (Lipinski definition) is 24. The third-order valence-electron chi connectivity index (χ3n) is 15.0. The number of rotatable bonds is 32. The molecule has 31 N–H and O–H groups in total. The average Bonchev–Trinajstić information content (AvgIpc) is 1.20. The summed E-state index contributed by atoms with van der Waals surface area (Å²) in [5.41, 5.74) is 41.1. The quantitative estimate of drug-likeness (QED) is 0.0186. The van der Waals surface area contributed by atoms with Crippen molar-refractivity contribution in [2.45, 2.75) is 176 Å². The number of amides is 9. The van der Waals surface area contributed by atoms with Gasteiger partial charge in [-0.15, -0.1) is 0 Å². The number of benzene rings is 2. The van der Waals surface area contributed by atoms with Crippen molar-refractivity contribution in [1.29, 1.82) is 21.6 Å². The minimum absolute atomic E-state index is 0.000897. The van der Waals surface area contributed by atoms with Crippen molar-refractivity contribution in [3.63, 3.8) is 0 Å². The van der Waals surface area contributed by atoms with Gasteiger partial charge in [0.25, 0.3) is 0 Å². The third kappa shape index (κ3) is 32.0. The Kier molecular flexibility index (Phi) is 37.0. The number of carbonyl (C=O) groups is 9. The van der Waals surface area contributed by atoms with Gasteiger partial charge in [0, 0.05) is 39.0 Å². The lowest BCUT2D eigenvalue weighted by Crippen LogP contribution is -2.60. The molecule has 33 nitrogen and oxygen atoms in total. The Balaban J connectivity index is 2.38. The highest BCUT2D eigenvalue weighted by Crippen LogP contribution is 2.14. The van der Waals surface area contributed by atoms with Crippen LogP contribution in [0.1, 0.15) is 120 Å². The van der Waals surface area contributed by atoms with Crippen LogP contribution in [0.25, 0.3) is 0 Å². The molecule has 1 heterocycles. The van der Waals surface area contributed by atoms with E-state index in [1.807, 2.05) is 0 Å². The molecule has 2 aromatic carbocycles. The SMILES string of the molecule is N=C(N)NCCC[C@@H]1NC(=O)[C@H](CCCNC(=N)N)NC(=O)[C@H](CCCCN)NC(=O)[C@H](Cc2ccccc2)NC(=O)[C@@H](CCCCN)NC(=O)[C@H](CCCNC(=N)N)NC(=O)[C@H](CCCNC(=N)N)NC(=O)[C@H](CCCCN)NC(=O)[C@H](Cc2ccccc2)NC1=O. The Hall–Kier alpha value is -9.37. The van der Waals surface area contributed by atoms with Crippen molar-refractivity contribution < 1.29 is 43.2 Å². The van der Waals surface area contributed by atoms with Crippen LogP contribution >= 0.6 is 0 Å². The van der Waals surface area contributed by atoms with Gasteiger partial charge in [0.05, 0.1) is 0 Å². The highest BCUT2D eigenvalue weighted by atomic mass is 16.2. The predicted molar refractivity (Wildman–Crippen MR) is 353 cm³/mol. The van der Waals surface area contributed by atoms with E-state index in [1.54, 1.807) is 60.7 Å². The molecule has 9 atom stereocenters. The average molecular weight is 1300 g/mol. The van der Waals surface area contributed by atoms with E-state index in [0.29, 0.717) is 49.7 Å². The molecule has 0 unspecified atom stereocenters. The van der Waals surface area contributed by atoms with Gasteiger partial charge in [0.1, 0.15) is 54.4 Å². The van der Waals surface area contributed by atoms with Crippen LogP contribution in [0.2, 0.25) is 0 Å². The number of nitrogens with two attached hydrogens (primary N) is 7. The molecule has 0 aromatic heterocycles. The smallest absolute Gasteiger partial charge is 0.243 e. The number of carbonyl (C=O) groups excluding carboxylic acids is 9. The van der Waals surface area contributed by atoms with E-state index in [4.69, 9.17) is 61.8 Å². The van der Waals surface area contributed by atoms with Gasteiger partial charge in [-0.2, -0.15) is 0 Å². The lowest BCUT2D eigenvalue weighted by Gasteiger charge is -2.28. The second-order valence-corrected chi connectivity index (χ2v) is 22.7. The van der Waals surface area contributed by atoms with Gasteiger partial charge in [-0.3, -0.25) is 64.8 Å². The molecular formula is C60H102N24O9. The minimum Gasteiger partial charge on any atom is -0.370 e. The summed E-state index contributed by atoms with van der Waals surface area (Å²) in [6, 6.07) is 4.64. The highest BCUT2D eigenvalue weighted by molar-refractivity contribution is 5.99. The number of nitrogens with one attached hydrogen (secondary N) is 17. The summed E-state index contributed by atoms with van der Waals surface area (Å²) in [6.07, 6.45) is 2.01. The minimum atomic E-state index is -1.44. The summed E-state index contributed by atoms with van der Waals surface area (Å²) in [6.45, 7) is 0.976. The maximum atomic E-state index is 14.9. The predicted octanol–water partition coefficient (Wildman–Crippen LogP) is -4.71. The molecule has 0 aliphatic carbocycles. The molecule has 2 aromatic rings. The zero-order valence-corrected chi connectivity index (χ0v) is 53.1. The maximum Gasteiger partial charge on any atom is 0.243 e. The molecule has 9 amide bonds. The Morgan fingerprint density at radius 3 is 0.667 bits per heavy atom.